The summed E-state index contributed by atoms with van der Waals surface area (Å²) < 4.78 is 4.89. The molecule has 0 aromatic rings. The van der Waals surface area contributed by atoms with Crippen molar-refractivity contribution >= 4 is 5.91 Å². The van der Waals surface area contributed by atoms with Crippen molar-refractivity contribution in [2.75, 3.05) is 26.8 Å². The van der Waals surface area contributed by atoms with Crippen LogP contribution in [0.15, 0.2) is 0 Å². The maximum Gasteiger partial charge on any atom is 0.239 e. The zero-order valence-corrected chi connectivity index (χ0v) is 10.5. The molecule has 3 unspecified atom stereocenters. The van der Waals surface area contributed by atoms with Crippen molar-refractivity contribution in [1.29, 1.82) is 0 Å². The number of carbonyl (C=O) groups excluding carboxylic acids is 1. The standard InChI is InChI=1S/C12H23N3O2/c1-17-8-11(13)12(16)14-9-4-6-15-5-2-3-10(15)7-9/h9-11H,2-8,13H2,1H3,(H,14,16). The van der Waals surface area contributed by atoms with Gasteiger partial charge in [-0.05, 0) is 32.2 Å². The molecule has 17 heavy (non-hydrogen) atoms. The minimum absolute atomic E-state index is 0.0803. The molecule has 0 saturated carbocycles. The van der Waals surface area contributed by atoms with E-state index in [1.807, 2.05) is 0 Å². The number of fused-ring (bicyclic) bond motifs is 1. The molecular formula is C12H23N3O2. The Bertz CT molecular complexity index is 272. The van der Waals surface area contributed by atoms with Gasteiger partial charge in [-0.3, -0.25) is 4.79 Å². The number of nitrogens with zero attached hydrogens (tertiary/aromatic N) is 1. The quantitative estimate of drug-likeness (QED) is 0.709. The van der Waals surface area contributed by atoms with Gasteiger partial charge in [-0.15, -0.1) is 0 Å². The second kappa shape index (κ2) is 5.80. The Hall–Kier alpha value is -0.650. The molecular weight excluding hydrogens is 218 g/mol. The van der Waals surface area contributed by atoms with Crippen LogP contribution in [0.3, 0.4) is 0 Å². The maximum atomic E-state index is 11.8. The van der Waals surface area contributed by atoms with E-state index in [1.54, 1.807) is 7.11 Å². The lowest BCUT2D eigenvalue weighted by molar-refractivity contribution is -0.124. The topological polar surface area (TPSA) is 67.6 Å². The fraction of sp³-hybridized carbons (Fsp3) is 0.917. The van der Waals surface area contributed by atoms with E-state index in [0.29, 0.717) is 12.1 Å². The summed E-state index contributed by atoms with van der Waals surface area (Å²) >= 11 is 0. The Labute approximate surface area is 103 Å². The second-order valence-electron chi connectivity index (χ2n) is 5.12. The number of hydrogen-bond acceptors (Lipinski definition) is 4. The third kappa shape index (κ3) is 3.18. The fourth-order valence-electron chi connectivity index (χ4n) is 2.92. The number of nitrogens with two attached hydrogens (primary N) is 1. The van der Waals surface area contributed by atoms with Crippen molar-refractivity contribution < 1.29 is 9.53 Å². The summed E-state index contributed by atoms with van der Waals surface area (Å²) in [5, 5.41) is 3.05. The van der Waals surface area contributed by atoms with E-state index in [0.717, 1.165) is 19.4 Å². The van der Waals surface area contributed by atoms with Crippen molar-refractivity contribution in [2.24, 2.45) is 5.73 Å². The van der Waals surface area contributed by atoms with Gasteiger partial charge in [0.2, 0.25) is 5.91 Å². The summed E-state index contributed by atoms with van der Waals surface area (Å²) in [4.78, 5) is 14.3. The number of hydrogen-bond donors (Lipinski definition) is 2. The van der Waals surface area contributed by atoms with Crippen LogP contribution in [0.25, 0.3) is 0 Å². The van der Waals surface area contributed by atoms with Gasteiger partial charge in [0.25, 0.3) is 0 Å². The Morgan fingerprint density at radius 3 is 3.12 bits per heavy atom. The smallest absolute Gasteiger partial charge is 0.239 e. The molecule has 0 aromatic heterocycles. The number of ether oxygens (including phenoxy) is 1. The third-order valence-electron chi connectivity index (χ3n) is 3.85. The first-order valence-corrected chi connectivity index (χ1v) is 6.49. The molecule has 0 spiro atoms. The van der Waals surface area contributed by atoms with Gasteiger partial charge in [-0.2, -0.15) is 0 Å². The van der Waals surface area contributed by atoms with Crippen LogP contribution in [0.4, 0.5) is 0 Å². The molecule has 98 valence electrons. The first-order valence-electron chi connectivity index (χ1n) is 6.49. The van der Waals surface area contributed by atoms with Gasteiger partial charge in [0.1, 0.15) is 6.04 Å². The molecule has 2 heterocycles. The van der Waals surface area contributed by atoms with Gasteiger partial charge in [0, 0.05) is 25.7 Å². The molecule has 3 atom stereocenters. The molecule has 5 heteroatoms. The number of carbonyl (C=O) groups is 1. The van der Waals surface area contributed by atoms with Gasteiger partial charge < -0.3 is 20.7 Å². The Morgan fingerprint density at radius 1 is 1.53 bits per heavy atom. The number of piperidine rings is 1. The summed E-state index contributed by atoms with van der Waals surface area (Å²) in [5.74, 6) is -0.0803. The molecule has 0 aliphatic carbocycles. The van der Waals surface area contributed by atoms with Gasteiger partial charge in [0.05, 0.1) is 6.61 Å². The van der Waals surface area contributed by atoms with Crippen molar-refractivity contribution in [3.8, 4) is 0 Å². The predicted octanol–water partition coefficient (Wildman–Crippen LogP) is -0.297. The average Bonchev–Trinajstić information content (AvgIpc) is 2.76. The normalized spacial score (nSPS) is 30.9. The highest BCUT2D eigenvalue weighted by Gasteiger charge is 2.32. The van der Waals surface area contributed by atoms with Gasteiger partial charge >= 0.3 is 0 Å². The lowest BCUT2D eigenvalue weighted by atomic mass is 9.97. The van der Waals surface area contributed by atoms with Crippen LogP contribution in [0.5, 0.6) is 0 Å². The van der Waals surface area contributed by atoms with Crippen LogP contribution in [0.1, 0.15) is 25.7 Å². The molecule has 2 rings (SSSR count). The van der Waals surface area contributed by atoms with Crippen molar-refractivity contribution in [2.45, 2.75) is 43.8 Å². The summed E-state index contributed by atoms with van der Waals surface area (Å²) in [5.41, 5.74) is 5.70. The van der Waals surface area contributed by atoms with Crippen molar-refractivity contribution in [3.05, 3.63) is 0 Å². The van der Waals surface area contributed by atoms with E-state index in [1.165, 1.54) is 19.4 Å². The minimum atomic E-state index is -0.540. The summed E-state index contributed by atoms with van der Waals surface area (Å²) in [6, 6.07) is 0.430. The van der Waals surface area contributed by atoms with E-state index in [9.17, 15) is 4.79 Å². The largest absolute Gasteiger partial charge is 0.383 e. The van der Waals surface area contributed by atoms with E-state index in [2.05, 4.69) is 10.2 Å². The first-order chi connectivity index (χ1) is 8.20. The maximum absolute atomic E-state index is 11.8. The first kappa shape index (κ1) is 12.8. The molecule has 0 aromatic carbocycles. The van der Waals surface area contributed by atoms with Crippen LogP contribution in [-0.2, 0) is 9.53 Å². The lowest BCUT2D eigenvalue weighted by Gasteiger charge is -2.35. The third-order valence-corrected chi connectivity index (χ3v) is 3.85. The molecule has 0 radical (unpaired) electrons. The zero-order chi connectivity index (χ0) is 12.3. The molecule has 2 saturated heterocycles. The van der Waals surface area contributed by atoms with E-state index < -0.39 is 6.04 Å². The van der Waals surface area contributed by atoms with Crippen molar-refractivity contribution in [3.63, 3.8) is 0 Å². The van der Waals surface area contributed by atoms with E-state index in [-0.39, 0.29) is 12.5 Å². The fourth-order valence-corrected chi connectivity index (χ4v) is 2.92. The van der Waals surface area contributed by atoms with Crippen LogP contribution in [0, 0.1) is 0 Å². The van der Waals surface area contributed by atoms with E-state index >= 15 is 0 Å². The monoisotopic (exact) mass is 241 g/mol. The minimum Gasteiger partial charge on any atom is -0.383 e. The summed E-state index contributed by atoms with van der Waals surface area (Å²) in [6.07, 6.45) is 4.69. The van der Waals surface area contributed by atoms with Gasteiger partial charge in [0.15, 0.2) is 0 Å². The lowest BCUT2D eigenvalue weighted by Crippen LogP contribution is -2.52. The number of amides is 1. The summed E-state index contributed by atoms with van der Waals surface area (Å²) in [6.45, 7) is 2.62. The predicted molar refractivity (Wildman–Crippen MR) is 65.6 cm³/mol. The molecule has 2 aliphatic rings. The highest BCUT2D eigenvalue weighted by Crippen LogP contribution is 2.26. The molecule has 2 fully saturated rings. The van der Waals surface area contributed by atoms with Gasteiger partial charge in [-0.25, -0.2) is 0 Å². The van der Waals surface area contributed by atoms with Crippen molar-refractivity contribution in [1.82, 2.24) is 10.2 Å². The molecule has 1 amide bonds. The average molecular weight is 241 g/mol. The van der Waals surface area contributed by atoms with Crippen LogP contribution in [0.2, 0.25) is 0 Å². The molecule has 5 nitrogen and oxygen atoms in total. The van der Waals surface area contributed by atoms with Crippen LogP contribution < -0.4 is 11.1 Å². The van der Waals surface area contributed by atoms with Gasteiger partial charge in [-0.1, -0.05) is 0 Å². The SMILES string of the molecule is COCC(N)C(=O)NC1CCN2CCCC2C1. The molecule has 2 aliphatic heterocycles. The van der Waals surface area contributed by atoms with Crippen LogP contribution >= 0.6 is 0 Å². The van der Waals surface area contributed by atoms with E-state index in [4.69, 9.17) is 10.5 Å². The Kier molecular flexibility index (Phi) is 4.36. The van der Waals surface area contributed by atoms with Crippen LogP contribution in [-0.4, -0.2) is 55.7 Å². The Balaban J connectivity index is 1.77. The Morgan fingerprint density at radius 2 is 2.35 bits per heavy atom. The zero-order valence-electron chi connectivity index (χ0n) is 10.5. The number of methoxy groups -OCH3 is 1. The summed E-state index contributed by atoms with van der Waals surface area (Å²) in [7, 11) is 1.56. The molecule has 3 N–H and O–H groups in total. The molecule has 0 bridgehead atoms. The highest BCUT2D eigenvalue weighted by atomic mass is 16.5. The number of nitrogens with one attached hydrogen (secondary N) is 1. The number of rotatable bonds is 4. The highest BCUT2D eigenvalue weighted by molar-refractivity contribution is 5.81. The second-order valence-corrected chi connectivity index (χ2v) is 5.12.